The number of fused-ring (bicyclic) bond motifs is 1. The number of hydrogen-bond acceptors (Lipinski definition) is 5. The Morgan fingerprint density at radius 2 is 2.12 bits per heavy atom. The van der Waals surface area contributed by atoms with E-state index in [0.717, 1.165) is 28.3 Å². The Bertz CT molecular complexity index is 899. The molecule has 1 saturated heterocycles. The first-order valence-corrected chi connectivity index (χ1v) is 9.11. The monoisotopic (exact) mass is 353 g/mol. The van der Waals surface area contributed by atoms with Gasteiger partial charge in [0.15, 0.2) is 0 Å². The van der Waals surface area contributed by atoms with Crippen LogP contribution in [0, 0.1) is 6.92 Å². The van der Waals surface area contributed by atoms with Crippen molar-refractivity contribution in [3.8, 4) is 10.6 Å². The van der Waals surface area contributed by atoms with E-state index < -0.39 is 6.10 Å². The predicted octanol–water partition coefficient (Wildman–Crippen LogP) is 3.20. The Hall–Kier alpha value is -2.28. The van der Waals surface area contributed by atoms with Crippen LogP contribution in [0.15, 0.2) is 42.5 Å². The van der Waals surface area contributed by atoms with Crippen LogP contribution >= 0.6 is 11.3 Å². The minimum Gasteiger partial charge on any atom is -0.366 e. The lowest BCUT2D eigenvalue weighted by atomic mass is 10.2. The van der Waals surface area contributed by atoms with E-state index in [1.165, 1.54) is 10.3 Å². The van der Waals surface area contributed by atoms with Gasteiger partial charge in [-0.2, -0.15) is 0 Å². The van der Waals surface area contributed by atoms with Crippen LogP contribution in [-0.4, -0.2) is 36.7 Å². The zero-order valence-corrected chi connectivity index (χ0v) is 14.7. The van der Waals surface area contributed by atoms with Gasteiger partial charge in [0.1, 0.15) is 11.1 Å². The van der Waals surface area contributed by atoms with E-state index in [-0.39, 0.29) is 5.91 Å². The maximum absolute atomic E-state index is 12.2. The third kappa shape index (κ3) is 3.56. The van der Waals surface area contributed by atoms with E-state index in [1.54, 1.807) is 11.3 Å². The van der Waals surface area contributed by atoms with Crippen molar-refractivity contribution in [1.82, 2.24) is 10.3 Å². The van der Waals surface area contributed by atoms with Crippen LogP contribution in [0.25, 0.3) is 20.8 Å². The van der Waals surface area contributed by atoms with Crippen molar-refractivity contribution in [2.75, 3.05) is 25.0 Å². The SMILES string of the molecule is Cc1ccc2nc(-c3ccc(NC(=O)C4CNCCO4)cc3)sc2c1. The number of aromatic nitrogens is 1. The largest absolute Gasteiger partial charge is 0.366 e. The molecule has 3 aromatic rings. The van der Waals surface area contributed by atoms with Gasteiger partial charge in [0.05, 0.1) is 16.8 Å². The topological polar surface area (TPSA) is 63.2 Å². The van der Waals surface area contributed by atoms with E-state index >= 15 is 0 Å². The van der Waals surface area contributed by atoms with Gasteiger partial charge in [-0.3, -0.25) is 4.79 Å². The molecule has 6 heteroatoms. The summed E-state index contributed by atoms with van der Waals surface area (Å²) in [6.45, 7) is 3.99. The molecule has 5 nitrogen and oxygen atoms in total. The second-order valence-electron chi connectivity index (χ2n) is 6.12. The van der Waals surface area contributed by atoms with Crippen LogP contribution in [0.4, 0.5) is 5.69 Å². The van der Waals surface area contributed by atoms with Crippen molar-refractivity contribution in [2.24, 2.45) is 0 Å². The van der Waals surface area contributed by atoms with Crippen molar-refractivity contribution >= 4 is 33.1 Å². The molecule has 0 bridgehead atoms. The van der Waals surface area contributed by atoms with Gasteiger partial charge < -0.3 is 15.4 Å². The lowest BCUT2D eigenvalue weighted by Crippen LogP contribution is -2.45. The number of morpholine rings is 1. The molecule has 25 heavy (non-hydrogen) atoms. The van der Waals surface area contributed by atoms with Crippen LogP contribution in [-0.2, 0) is 9.53 Å². The molecule has 0 aliphatic carbocycles. The lowest BCUT2D eigenvalue weighted by Gasteiger charge is -2.22. The minimum atomic E-state index is -0.430. The normalized spacial score (nSPS) is 17.6. The third-order valence-electron chi connectivity index (χ3n) is 4.16. The highest BCUT2D eigenvalue weighted by atomic mass is 32.1. The fourth-order valence-corrected chi connectivity index (χ4v) is 3.88. The Kier molecular flexibility index (Phi) is 4.48. The Labute approximate surface area is 150 Å². The number of carbonyl (C=O) groups is 1. The summed E-state index contributed by atoms with van der Waals surface area (Å²) in [7, 11) is 0. The van der Waals surface area contributed by atoms with Crippen molar-refractivity contribution in [2.45, 2.75) is 13.0 Å². The second kappa shape index (κ2) is 6.92. The number of thiazole rings is 1. The summed E-state index contributed by atoms with van der Waals surface area (Å²) < 4.78 is 6.65. The molecule has 1 unspecified atom stereocenters. The Balaban J connectivity index is 1.49. The molecule has 0 spiro atoms. The number of nitrogens with zero attached hydrogens (tertiary/aromatic N) is 1. The molecule has 0 saturated carbocycles. The Morgan fingerprint density at radius 3 is 2.88 bits per heavy atom. The summed E-state index contributed by atoms with van der Waals surface area (Å²) in [5.41, 5.74) is 4.07. The summed E-state index contributed by atoms with van der Waals surface area (Å²) in [6.07, 6.45) is -0.430. The standard InChI is InChI=1S/C19H19N3O2S/c1-12-2-7-15-17(10-12)25-19(22-15)13-3-5-14(6-4-13)21-18(23)16-11-20-8-9-24-16/h2-7,10,16,20H,8-9,11H2,1H3,(H,21,23). The van der Waals surface area contributed by atoms with Gasteiger partial charge in [0, 0.05) is 24.3 Å². The summed E-state index contributed by atoms with van der Waals surface area (Å²) in [6, 6.07) is 14.1. The van der Waals surface area contributed by atoms with Gasteiger partial charge in [-0.1, -0.05) is 6.07 Å². The van der Waals surface area contributed by atoms with Gasteiger partial charge in [-0.15, -0.1) is 11.3 Å². The second-order valence-corrected chi connectivity index (χ2v) is 7.15. The molecule has 2 heterocycles. The van der Waals surface area contributed by atoms with Gasteiger partial charge >= 0.3 is 0 Å². The fraction of sp³-hybridized carbons (Fsp3) is 0.263. The van der Waals surface area contributed by atoms with Crippen LogP contribution in [0.5, 0.6) is 0 Å². The molecule has 1 fully saturated rings. The number of rotatable bonds is 3. The average molecular weight is 353 g/mol. The number of benzene rings is 2. The highest BCUT2D eigenvalue weighted by Crippen LogP contribution is 2.31. The number of aryl methyl sites for hydroxylation is 1. The van der Waals surface area contributed by atoms with E-state index in [0.29, 0.717) is 13.2 Å². The smallest absolute Gasteiger partial charge is 0.254 e. The van der Waals surface area contributed by atoms with Gasteiger partial charge in [0.2, 0.25) is 0 Å². The minimum absolute atomic E-state index is 0.115. The fourth-order valence-electron chi connectivity index (χ4n) is 2.81. The maximum Gasteiger partial charge on any atom is 0.254 e. The molecule has 2 N–H and O–H groups in total. The summed E-state index contributed by atoms with van der Waals surface area (Å²) in [5, 5.41) is 7.04. The molecule has 1 atom stereocenters. The summed E-state index contributed by atoms with van der Waals surface area (Å²) in [4.78, 5) is 16.9. The van der Waals surface area contributed by atoms with Crippen molar-refractivity contribution < 1.29 is 9.53 Å². The summed E-state index contributed by atoms with van der Waals surface area (Å²) >= 11 is 1.68. The van der Waals surface area contributed by atoms with E-state index in [1.807, 2.05) is 24.3 Å². The number of anilines is 1. The first kappa shape index (κ1) is 16.2. The zero-order chi connectivity index (χ0) is 17.2. The number of hydrogen-bond donors (Lipinski definition) is 2. The van der Waals surface area contributed by atoms with Gasteiger partial charge in [-0.05, 0) is 48.9 Å². The number of ether oxygens (including phenoxy) is 1. The molecule has 1 aromatic heterocycles. The molecule has 1 aliphatic heterocycles. The van der Waals surface area contributed by atoms with Crippen LogP contribution in [0.3, 0.4) is 0 Å². The average Bonchev–Trinajstić information content (AvgIpc) is 3.06. The van der Waals surface area contributed by atoms with Crippen molar-refractivity contribution in [3.63, 3.8) is 0 Å². The molecule has 4 rings (SSSR count). The molecular formula is C19H19N3O2S. The lowest BCUT2D eigenvalue weighted by molar-refractivity contribution is -0.128. The van der Waals surface area contributed by atoms with E-state index in [2.05, 4.69) is 35.8 Å². The maximum atomic E-state index is 12.2. The molecule has 1 amide bonds. The van der Waals surface area contributed by atoms with Gasteiger partial charge in [-0.25, -0.2) is 4.98 Å². The number of amides is 1. The first-order valence-electron chi connectivity index (χ1n) is 8.30. The molecule has 0 radical (unpaired) electrons. The highest BCUT2D eigenvalue weighted by molar-refractivity contribution is 7.21. The highest BCUT2D eigenvalue weighted by Gasteiger charge is 2.21. The quantitative estimate of drug-likeness (QED) is 0.759. The van der Waals surface area contributed by atoms with Gasteiger partial charge in [0.25, 0.3) is 5.91 Å². The first-order chi connectivity index (χ1) is 12.2. The van der Waals surface area contributed by atoms with Crippen LogP contribution < -0.4 is 10.6 Å². The molecule has 128 valence electrons. The van der Waals surface area contributed by atoms with Crippen LogP contribution in [0.1, 0.15) is 5.56 Å². The van der Waals surface area contributed by atoms with Crippen LogP contribution in [0.2, 0.25) is 0 Å². The van der Waals surface area contributed by atoms with Crippen molar-refractivity contribution in [1.29, 1.82) is 0 Å². The number of nitrogens with one attached hydrogen (secondary N) is 2. The predicted molar refractivity (Wildman–Crippen MR) is 101 cm³/mol. The van der Waals surface area contributed by atoms with E-state index in [4.69, 9.17) is 9.72 Å². The third-order valence-corrected chi connectivity index (χ3v) is 5.23. The zero-order valence-electron chi connectivity index (χ0n) is 13.9. The summed E-state index contributed by atoms with van der Waals surface area (Å²) in [5.74, 6) is -0.115. The molecule has 1 aliphatic rings. The Morgan fingerprint density at radius 1 is 1.28 bits per heavy atom. The van der Waals surface area contributed by atoms with E-state index in [9.17, 15) is 4.79 Å². The molecular weight excluding hydrogens is 334 g/mol. The van der Waals surface area contributed by atoms with Crippen molar-refractivity contribution in [3.05, 3.63) is 48.0 Å². The number of carbonyl (C=O) groups excluding carboxylic acids is 1. The molecule has 2 aromatic carbocycles.